The summed E-state index contributed by atoms with van der Waals surface area (Å²) in [4.78, 5) is 8.35. The van der Waals surface area contributed by atoms with Crippen LogP contribution < -0.4 is 4.74 Å². The van der Waals surface area contributed by atoms with E-state index in [0.717, 1.165) is 12.0 Å². The quantitative estimate of drug-likeness (QED) is 0.428. The topological polar surface area (TPSA) is 35.0 Å². The van der Waals surface area contributed by atoms with E-state index in [0.29, 0.717) is 24.1 Å². The van der Waals surface area contributed by atoms with Crippen LogP contribution in [-0.4, -0.2) is 16.6 Å². The number of halogens is 1. The van der Waals surface area contributed by atoms with E-state index in [1.165, 1.54) is 44.0 Å². The number of rotatable bonds is 10. The van der Waals surface area contributed by atoms with Crippen molar-refractivity contribution < 1.29 is 4.74 Å². The van der Waals surface area contributed by atoms with Gasteiger partial charge in [-0.3, -0.25) is 0 Å². The fourth-order valence-corrected chi connectivity index (χ4v) is 2.69. The second-order valence-electron chi connectivity index (χ2n) is 5.73. The SMILES string of the molecule is CCCCCCCCOc1ncnc(Cl)c1Cc1ccccc1. The molecule has 0 aliphatic rings. The maximum Gasteiger partial charge on any atom is 0.221 e. The largest absolute Gasteiger partial charge is 0.477 e. The van der Waals surface area contributed by atoms with Crippen LogP contribution in [0.25, 0.3) is 0 Å². The van der Waals surface area contributed by atoms with Gasteiger partial charge in [0.1, 0.15) is 11.5 Å². The Morgan fingerprint density at radius 1 is 0.957 bits per heavy atom. The van der Waals surface area contributed by atoms with Crippen molar-refractivity contribution in [2.75, 3.05) is 6.61 Å². The maximum atomic E-state index is 6.25. The van der Waals surface area contributed by atoms with Crippen molar-refractivity contribution in [2.24, 2.45) is 0 Å². The first kappa shape index (κ1) is 17.7. The Balaban J connectivity index is 1.87. The van der Waals surface area contributed by atoms with Gasteiger partial charge < -0.3 is 4.74 Å². The number of aromatic nitrogens is 2. The molecular weight excluding hydrogens is 308 g/mol. The molecule has 0 aliphatic heterocycles. The molecule has 1 aromatic heterocycles. The lowest BCUT2D eigenvalue weighted by Crippen LogP contribution is -2.04. The Morgan fingerprint density at radius 2 is 1.70 bits per heavy atom. The van der Waals surface area contributed by atoms with Crippen molar-refractivity contribution in [1.82, 2.24) is 9.97 Å². The Bertz CT molecular complexity index is 575. The van der Waals surface area contributed by atoms with Gasteiger partial charge in [0.05, 0.1) is 12.2 Å². The van der Waals surface area contributed by atoms with E-state index in [-0.39, 0.29) is 0 Å². The lowest BCUT2D eigenvalue weighted by atomic mass is 10.1. The molecule has 4 heteroatoms. The second kappa shape index (κ2) is 10.2. The molecule has 0 saturated heterocycles. The van der Waals surface area contributed by atoms with Crippen LogP contribution in [0.2, 0.25) is 5.15 Å². The molecule has 0 fully saturated rings. The molecule has 3 nitrogen and oxygen atoms in total. The zero-order chi connectivity index (χ0) is 16.3. The highest BCUT2D eigenvalue weighted by molar-refractivity contribution is 6.30. The van der Waals surface area contributed by atoms with Gasteiger partial charge in [0.2, 0.25) is 5.88 Å². The fourth-order valence-electron chi connectivity index (χ4n) is 2.50. The predicted molar refractivity (Wildman–Crippen MR) is 95.2 cm³/mol. The minimum atomic E-state index is 0.474. The molecule has 0 saturated carbocycles. The van der Waals surface area contributed by atoms with Gasteiger partial charge in [-0.25, -0.2) is 9.97 Å². The molecule has 0 aliphatic carbocycles. The zero-order valence-electron chi connectivity index (χ0n) is 13.8. The third-order valence-electron chi connectivity index (χ3n) is 3.81. The molecule has 23 heavy (non-hydrogen) atoms. The van der Waals surface area contributed by atoms with Gasteiger partial charge in [0, 0.05) is 6.42 Å². The summed E-state index contributed by atoms with van der Waals surface area (Å²) in [5.41, 5.74) is 2.04. The Labute approximate surface area is 144 Å². The first-order valence-corrected chi connectivity index (χ1v) is 8.85. The van der Waals surface area contributed by atoms with E-state index in [1.807, 2.05) is 18.2 Å². The highest BCUT2D eigenvalue weighted by Gasteiger charge is 2.12. The van der Waals surface area contributed by atoms with Crippen LogP contribution in [0.3, 0.4) is 0 Å². The van der Waals surface area contributed by atoms with Crippen molar-refractivity contribution in [3.05, 3.63) is 52.9 Å². The van der Waals surface area contributed by atoms with E-state index in [2.05, 4.69) is 29.0 Å². The number of hydrogen-bond donors (Lipinski definition) is 0. The normalized spacial score (nSPS) is 10.7. The van der Waals surface area contributed by atoms with Gasteiger partial charge in [0.25, 0.3) is 0 Å². The number of benzene rings is 1. The highest BCUT2D eigenvalue weighted by atomic mass is 35.5. The van der Waals surface area contributed by atoms with Crippen LogP contribution in [0.15, 0.2) is 36.7 Å². The van der Waals surface area contributed by atoms with Gasteiger partial charge in [-0.2, -0.15) is 0 Å². The molecule has 1 aromatic carbocycles. The lowest BCUT2D eigenvalue weighted by molar-refractivity contribution is 0.290. The molecule has 0 radical (unpaired) electrons. The summed E-state index contributed by atoms with van der Waals surface area (Å²) >= 11 is 6.25. The molecule has 0 atom stereocenters. The van der Waals surface area contributed by atoms with Crippen LogP contribution in [0.4, 0.5) is 0 Å². The Hall–Kier alpha value is -1.61. The third-order valence-corrected chi connectivity index (χ3v) is 4.14. The number of ether oxygens (including phenoxy) is 1. The molecule has 124 valence electrons. The molecule has 2 aromatic rings. The standard InChI is InChI=1S/C19H25ClN2O/c1-2-3-4-5-6-10-13-23-19-17(18(20)21-15-22-19)14-16-11-8-7-9-12-16/h7-9,11-12,15H,2-6,10,13-14H2,1H3. The summed E-state index contributed by atoms with van der Waals surface area (Å²) in [5, 5.41) is 0.474. The van der Waals surface area contributed by atoms with E-state index < -0.39 is 0 Å². The summed E-state index contributed by atoms with van der Waals surface area (Å²) in [7, 11) is 0. The molecule has 0 amide bonds. The monoisotopic (exact) mass is 332 g/mol. The lowest BCUT2D eigenvalue weighted by Gasteiger charge is -2.11. The Kier molecular flexibility index (Phi) is 7.88. The molecule has 0 spiro atoms. The number of nitrogens with zero attached hydrogens (tertiary/aromatic N) is 2. The molecule has 0 unspecified atom stereocenters. The van der Waals surface area contributed by atoms with Crippen LogP contribution in [0, 0.1) is 0 Å². The minimum absolute atomic E-state index is 0.474. The highest BCUT2D eigenvalue weighted by Crippen LogP contribution is 2.25. The summed E-state index contributed by atoms with van der Waals surface area (Å²) in [6, 6.07) is 10.2. The van der Waals surface area contributed by atoms with Crippen molar-refractivity contribution >= 4 is 11.6 Å². The van der Waals surface area contributed by atoms with E-state index >= 15 is 0 Å². The summed E-state index contributed by atoms with van der Waals surface area (Å²) < 4.78 is 5.86. The molecule has 1 heterocycles. The fraction of sp³-hybridized carbons (Fsp3) is 0.474. The molecular formula is C19H25ClN2O. The van der Waals surface area contributed by atoms with E-state index in [1.54, 1.807) is 0 Å². The predicted octanol–water partition coefficient (Wildman–Crippen LogP) is 5.46. The van der Waals surface area contributed by atoms with Crippen molar-refractivity contribution in [3.63, 3.8) is 0 Å². The van der Waals surface area contributed by atoms with Gasteiger partial charge in [-0.1, -0.05) is 81.0 Å². The Morgan fingerprint density at radius 3 is 2.48 bits per heavy atom. The molecule has 0 N–H and O–H groups in total. The first-order valence-electron chi connectivity index (χ1n) is 8.47. The summed E-state index contributed by atoms with van der Waals surface area (Å²) in [6.45, 7) is 2.91. The van der Waals surface area contributed by atoms with Gasteiger partial charge in [0.15, 0.2) is 0 Å². The maximum absolute atomic E-state index is 6.25. The molecule has 2 rings (SSSR count). The van der Waals surface area contributed by atoms with Crippen LogP contribution in [0.5, 0.6) is 5.88 Å². The van der Waals surface area contributed by atoms with Gasteiger partial charge in [-0.15, -0.1) is 0 Å². The average Bonchev–Trinajstić information content (AvgIpc) is 2.58. The van der Waals surface area contributed by atoms with Crippen LogP contribution in [-0.2, 0) is 6.42 Å². The number of unbranched alkanes of at least 4 members (excludes halogenated alkanes) is 5. The smallest absolute Gasteiger partial charge is 0.221 e. The first-order chi connectivity index (χ1) is 11.3. The third kappa shape index (κ3) is 6.19. The van der Waals surface area contributed by atoms with Crippen LogP contribution >= 0.6 is 11.6 Å². The summed E-state index contributed by atoms with van der Waals surface area (Å²) in [5.74, 6) is 0.613. The zero-order valence-corrected chi connectivity index (χ0v) is 14.6. The van der Waals surface area contributed by atoms with Gasteiger partial charge >= 0.3 is 0 Å². The van der Waals surface area contributed by atoms with Crippen molar-refractivity contribution in [3.8, 4) is 5.88 Å². The van der Waals surface area contributed by atoms with Crippen LogP contribution in [0.1, 0.15) is 56.6 Å². The van der Waals surface area contributed by atoms with Crippen molar-refractivity contribution in [1.29, 1.82) is 0 Å². The molecule has 0 bridgehead atoms. The van der Waals surface area contributed by atoms with Crippen molar-refractivity contribution in [2.45, 2.75) is 51.9 Å². The summed E-state index contributed by atoms with van der Waals surface area (Å²) in [6.07, 6.45) is 9.60. The van der Waals surface area contributed by atoms with E-state index in [9.17, 15) is 0 Å². The average molecular weight is 333 g/mol. The minimum Gasteiger partial charge on any atom is -0.477 e. The van der Waals surface area contributed by atoms with Gasteiger partial charge in [-0.05, 0) is 12.0 Å². The second-order valence-corrected chi connectivity index (χ2v) is 6.08. The number of hydrogen-bond acceptors (Lipinski definition) is 3. The van der Waals surface area contributed by atoms with E-state index in [4.69, 9.17) is 16.3 Å².